The number of aliphatic carboxylic acids is 4. The lowest BCUT2D eigenvalue weighted by Gasteiger charge is -2.41. The Labute approximate surface area is 216 Å². The second kappa shape index (κ2) is 15.5. The van der Waals surface area contributed by atoms with Crippen LogP contribution in [0.2, 0.25) is 0 Å². The largest absolute Gasteiger partial charge is 0.549 e. The molecule has 2 N–H and O–H groups in total. The molecule has 1 unspecified atom stereocenters. The van der Waals surface area contributed by atoms with E-state index >= 15 is 0 Å². The van der Waals surface area contributed by atoms with Gasteiger partial charge in [0.2, 0.25) is 0 Å². The van der Waals surface area contributed by atoms with Crippen LogP contribution in [0.3, 0.4) is 0 Å². The highest BCUT2D eigenvalue weighted by atomic mass is 16.4. The quantitative estimate of drug-likeness (QED) is 0.249. The first-order valence-corrected chi connectivity index (χ1v) is 12.7. The van der Waals surface area contributed by atoms with E-state index in [9.17, 15) is 39.6 Å². The molecular formula is C23H37N6O8-3. The smallest absolute Gasteiger partial charge is 0.112 e. The van der Waals surface area contributed by atoms with E-state index in [4.69, 9.17) is 5.53 Å². The Bertz CT molecular complexity index is 791. The minimum absolute atomic E-state index is 0.0920. The molecule has 0 aromatic rings. The number of carboxylic acids is 4. The molecule has 210 valence electrons. The van der Waals surface area contributed by atoms with E-state index in [2.05, 4.69) is 5.11 Å². The van der Waals surface area contributed by atoms with Gasteiger partial charge >= 0.3 is 0 Å². The molecule has 1 atom stereocenters. The van der Waals surface area contributed by atoms with E-state index in [1.54, 1.807) is 19.6 Å². The molecule has 14 heteroatoms. The predicted molar refractivity (Wildman–Crippen MR) is 119 cm³/mol. The molecule has 0 aromatic heterocycles. The summed E-state index contributed by atoms with van der Waals surface area (Å²) in [6.45, 7) is -0.222. The van der Waals surface area contributed by atoms with Gasteiger partial charge in [0.05, 0.1) is 23.9 Å². The Morgan fingerprint density at radius 1 is 0.649 bits per heavy atom. The summed E-state index contributed by atoms with van der Waals surface area (Å²) in [5.74, 6) is -4.94. The van der Waals surface area contributed by atoms with Crippen LogP contribution in [0, 0.1) is 5.92 Å². The summed E-state index contributed by atoms with van der Waals surface area (Å²) in [5, 5.41) is 49.6. The molecule has 1 aliphatic heterocycles. The SMILES string of the molecule is [NH2+]=NC1CCC(CC2CN(CC(=O)[O-])CCN(CC(=O)[O-])CCN(CC(=O)[O-])CCN2CC(=O)[O-])CC1. The maximum Gasteiger partial charge on any atom is 0.112 e. The number of carbonyl (C=O) groups excluding carboxylic acids is 4. The van der Waals surface area contributed by atoms with E-state index in [1.165, 1.54) is 0 Å². The molecule has 2 aliphatic rings. The Morgan fingerprint density at radius 2 is 1.08 bits per heavy atom. The molecule has 1 saturated carbocycles. The fourth-order valence-electron chi connectivity index (χ4n) is 5.27. The van der Waals surface area contributed by atoms with Crippen molar-refractivity contribution in [2.75, 3.05) is 72.0 Å². The number of carbonyl (C=O) groups is 4. The van der Waals surface area contributed by atoms with Gasteiger partial charge in [0.15, 0.2) is 0 Å². The number of nitrogens with zero attached hydrogens (tertiary/aromatic N) is 5. The standard InChI is InChI=1S/C23H40N6O8/c24-25-18-3-1-17(2-4-18)11-19-12-28(15-22(34)35)8-7-26(13-20(30)31)5-6-27(14-21(32)33)9-10-29(19)16-23(36)37/h17-19,24H,1-16H2,(H,30,31)(H,32,33)(H,34,35)(H,36,37)/p-3. The molecule has 0 aromatic carbocycles. The van der Waals surface area contributed by atoms with E-state index in [0.717, 1.165) is 25.7 Å². The van der Waals surface area contributed by atoms with Gasteiger partial charge < -0.3 is 39.6 Å². The molecule has 1 aliphatic carbocycles. The van der Waals surface area contributed by atoms with Gasteiger partial charge in [-0.25, -0.2) is 0 Å². The van der Waals surface area contributed by atoms with Crippen molar-refractivity contribution < 1.29 is 45.1 Å². The summed E-state index contributed by atoms with van der Waals surface area (Å²) >= 11 is 0. The van der Waals surface area contributed by atoms with Crippen molar-refractivity contribution in [3.63, 3.8) is 0 Å². The number of nitrogens with two attached hydrogens (primary N) is 1. The third-order valence-electron chi connectivity index (χ3n) is 7.18. The summed E-state index contributed by atoms with van der Waals surface area (Å²) in [4.78, 5) is 52.2. The Morgan fingerprint density at radius 3 is 1.54 bits per heavy atom. The first kappa shape index (κ1) is 30.5. The highest BCUT2D eigenvalue weighted by Crippen LogP contribution is 2.30. The van der Waals surface area contributed by atoms with E-state index < -0.39 is 50.1 Å². The zero-order valence-electron chi connectivity index (χ0n) is 21.1. The predicted octanol–water partition coefficient (Wildman–Crippen LogP) is -7.26. The maximum absolute atomic E-state index is 11.6. The van der Waals surface area contributed by atoms with E-state index in [1.807, 2.05) is 0 Å². The van der Waals surface area contributed by atoms with Crippen LogP contribution in [-0.4, -0.2) is 128 Å². The van der Waals surface area contributed by atoms with Crippen LogP contribution in [0.15, 0.2) is 5.11 Å². The molecular weight excluding hydrogens is 488 g/mol. The van der Waals surface area contributed by atoms with Gasteiger partial charge in [-0.1, -0.05) is 0 Å². The highest BCUT2D eigenvalue weighted by Gasteiger charge is 2.29. The van der Waals surface area contributed by atoms with Gasteiger partial charge in [-0.05, 0) is 43.1 Å². The maximum atomic E-state index is 11.6. The van der Waals surface area contributed by atoms with Crippen LogP contribution < -0.4 is 26.0 Å². The molecule has 0 spiro atoms. The fourth-order valence-corrected chi connectivity index (χ4v) is 5.27. The summed E-state index contributed by atoms with van der Waals surface area (Å²) in [6, 6.07) is -0.276. The summed E-state index contributed by atoms with van der Waals surface area (Å²) in [7, 11) is 0. The van der Waals surface area contributed by atoms with E-state index in [-0.39, 0.29) is 63.8 Å². The highest BCUT2D eigenvalue weighted by molar-refractivity contribution is 5.68. The molecule has 37 heavy (non-hydrogen) atoms. The molecule has 2 rings (SSSR count). The zero-order chi connectivity index (χ0) is 27.4. The van der Waals surface area contributed by atoms with Gasteiger partial charge in [-0.2, -0.15) is 5.53 Å². The van der Waals surface area contributed by atoms with Gasteiger partial charge in [0.1, 0.15) is 6.04 Å². The number of rotatable bonds is 11. The molecule has 0 bridgehead atoms. The third-order valence-corrected chi connectivity index (χ3v) is 7.18. The van der Waals surface area contributed by atoms with Crippen LogP contribution in [0.25, 0.3) is 0 Å². The Kier molecular flexibility index (Phi) is 12.8. The number of carboxylic acid groups (broad SMARTS) is 4. The van der Waals surface area contributed by atoms with Gasteiger partial charge in [-0.15, -0.1) is 0 Å². The van der Waals surface area contributed by atoms with Crippen molar-refractivity contribution in [3.05, 3.63) is 0 Å². The van der Waals surface area contributed by atoms with Crippen molar-refractivity contribution >= 4 is 23.9 Å². The normalized spacial score (nSPS) is 26.0. The molecule has 14 nitrogen and oxygen atoms in total. The second-order valence-electron chi connectivity index (χ2n) is 9.96. The van der Waals surface area contributed by atoms with Crippen molar-refractivity contribution in [3.8, 4) is 0 Å². The van der Waals surface area contributed by atoms with Gasteiger partial charge in [0, 0.05) is 78.0 Å². The van der Waals surface area contributed by atoms with Crippen LogP contribution >= 0.6 is 0 Å². The van der Waals surface area contributed by atoms with Crippen LogP contribution in [0.5, 0.6) is 0 Å². The van der Waals surface area contributed by atoms with Crippen molar-refractivity contribution in [2.45, 2.75) is 44.2 Å². The first-order valence-electron chi connectivity index (χ1n) is 12.7. The lowest BCUT2D eigenvalue weighted by molar-refractivity contribution is -0.309. The average molecular weight is 526 g/mol. The minimum atomic E-state index is -1.30. The molecule has 1 saturated heterocycles. The average Bonchev–Trinajstić information content (AvgIpc) is 2.81. The first-order chi connectivity index (χ1) is 17.5. The lowest BCUT2D eigenvalue weighted by atomic mass is 9.82. The van der Waals surface area contributed by atoms with Crippen molar-refractivity contribution in [1.82, 2.24) is 19.6 Å². The number of hydrogen-bond donors (Lipinski definition) is 1. The monoisotopic (exact) mass is 525 g/mol. The zero-order valence-corrected chi connectivity index (χ0v) is 21.1. The number of hydrogen-bond acceptors (Lipinski definition) is 13. The van der Waals surface area contributed by atoms with Gasteiger partial charge in [0.25, 0.3) is 0 Å². The third kappa shape index (κ3) is 11.9. The van der Waals surface area contributed by atoms with Crippen molar-refractivity contribution in [1.29, 1.82) is 0 Å². The van der Waals surface area contributed by atoms with Crippen molar-refractivity contribution in [2.24, 2.45) is 11.0 Å². The topological polar surface area (TPSA) is 211 Å². The van der Waals surface area contributed by atoms with Crippen LogP contribution in [0.4, 0.5) is 0 Å². The van der Waals surface area contributed by atoms with E-state index in [0.29, 0.717) is 6.42 Å². The lowest BCUT2D eigenvalue weighted by Crippen LogP contribution is -2.55. The molecule has 0 amide bonds. The van der Waals surface area contributed by atoms with Gasteiger partial charge in [-0.3, -0.25) is 19.6 Å². The second-order valence-corrected chi connectivity index (χ2v) is 9.96. The summed E-state index contributed by atoms with van der Waals surface area (Å²) in [5.41, 5.74) is 5.44. The van der Waals surface area contributed by atoms with Crippen LogP contribution in [0.1, 0.15) is 32.1 Å². The Hall–Kier alpha value is -2.68. The summed E-state index contributed by atoms with van der Waals surface area (Å²) in [6.07, 6.45) is 3.91. The fraction of sp³-hybridized carbons (Fsp3) is 0.826. The van der Waals surface area contributed by atoms with Crippen LogP contribution in [-0.2, 0) is 19.2 Å². The minimum Gasteiger partial charge on any atom is -0.549 e. The Balaban J connectivity index is 2.31. The molecule has 1 heterocycles. The molecule has 0 radical (unpaired) electrons. The molecule has 2 fully saturated rings. The summed E-state index contributed by atoms with van der Waals surface area (Å²) < 4.78 is 0.